The Bertz CT molecular complexity index is 1660. The van der Waals surface area contributed by atoms with E-state index in [0.717, 1.165) is 47.2 Å². The van der Waals surface area contributed by atoms with Crippen molar-refractivity contribution in [2.75, 3.05) is 20.2 Å². The van der Waals surface area contributed by atoms with Crippen LogP contribution < -0.4 is 10.1 Å². The fourth-order valence-electron chi connectivity index (χ4n) is 6.12. The van der Waals surface area contributed by atoms with Gasteiger partial charge in [-0.25, -0.2) is 8.78 Å². The molecule has 2 unspecified atom stereocenters. The van der Waals surface area contributed by atoms with Crippen LogP contribution in [0.2, 0.25) is 15.1 Å². The molecule has 2 heterocycles. The smallest absolute Gasteiger partial charge is 0.252 e. The molecule has 0 radical (unpaired) electrons. The minimum absolute atomic E-state index is 0.00599. The SMILES string of the molecule is CN1CC2NC(CC(c3ccc(CCCOc4c(F)ccc(F)c4Cl)cc3)=C2C(=O)N(Cc2cccc(Cl)c2Cl)C2CC2)C1=O. The number of likely N-dealkylation sites (N-methyl/N-ethyl adjacent to an activating group) is 1. The van der Waals surface area contributed by atoms with Crippen molar-refractivity contribution < 1.29 is 23.1 Å². The molecule has 11 heteroatoms. The van der Waals surface area contributed by atoms with Gasteiger partial charge in [0.2, 0.25) is 5.91 Å². The number of hydrogen-bond donors (Lipinski definition) is 1. The number of ether oxygens (including phenoxy) is 1. The zero-order valence-electron chi connectivity index (χ0n) is 24.6. The second-order valence-electron chi connectivity index (χ2n) is 11.8. The summed E-state index contributed by atoms with van der Waals surface area (Å²) in [5.41, 5.74) is 4.23. The normalized spacial score (nSPS) is 19.6. The number of hydrogen-bond acceptors (Lipinski definition) is 4. The predicted octanol–water partition coefficient (Wildman–Crippen LogP) is 7.08. The van der Waals surface area contributed by atoms with Gasteiger partial charge in [-0.3, -0.25) is 14.9 Å². The summed E-state index contributed by atoms with van der Waals surface area (Å²) in [5.74, 6) is -1.79. The monoisotopic (exact) mass is 673 g/mol. The minimum Gasteiger partial charge on any atom is -0.489 e. The number of rotatable bonds is 10. The number of piperazine rings is 1. The fraction of sp³-hybridized carbons (Fsp3) is 0.353. The lowest BCUT2D eigenvalue weighted by atomic mass is 9.82. The first-order valence-corrected chi connectivity index (χ1v) is 16.1. The Balaban J connectivity index is 1.23. The van der Waals surface area contributed by atoms with Crippen LogP contribution in [-0.2, 0) is 22.6 Å². The van der Waals surface area contributed by atoms with Crippen molar-refractivity contribution in [1.29, 1.82) is 0 Å². The fourth-order valence-corrected chi connectivity index (χ4v) is 6.71. The number of amides is 2. The van der Waals surface area contributed by atoms with Gasteiger partial charge in [0.1, 0.15) is 10.8 Å². The number of aryl methyl sites for hydroxylation is 1. The summed E-state index contributed by atoms with van der Waals surface area (Å²) in [6.45, 7) is 0.893. The van der Waals surface area contributed by atoms with Gasteiger partial charge >= 0.3 is 0 Å². The molecule has 2 atom stereocenters. The quantitative estimate of drug-likeness (QED) is 0.185. The maximum absolute atomic E-state index is 14.5. The molecule has 0 aromatic heterocycles. The van der Waals surface area contributed by atoms with E-state index in [1.54, 1.807) is 18.0 Å². The van der Waals surface area contributed by atoms with Crippen molar-refractivity contribution in [3.05, 3.63) is 104 Å². The molecule has 1 saturated carbocycles. The first-order valence-electron chi connectivity index (χ1n) is 15.0. The van der Waals surface area contributed by atoms with Crippen molar-refractivity contribution in [2.45, 2.75) is 56.8 Å². The van der Waals surface area contributed by atoms with Gasteiger partial charge in [0.25, 0.3) is 5.91 Å². The maximum Gasteiger partial charge on any atom is 0.252 e. The highest BCUT2D eigenvalue weighted by Crippen LogP contribution is 2.38. The number of nitrogens with one attached hydrogen (secondary N) is 1. The summed E-state index contributed by atoms with van der Waals surface area (Å²) in [7, 11) is 1.77. The number of fused-ring (bicyclic) bond motifs is 2. The van der Waals surface area contributed by atoms with Crippen LogP contribution >= 0.6 is 34.8 Å². The molecule has 2 bridgehead atoms. The standard InChI is InChI=1S/C34H32Cl3F2N3O3/c1-41-18-28-29(34(44)42(22-11-12-22)17-21-5-2-6-24(35)30(21)36)23(16-27(40-28)33(41)43)20-9-7-19(8-10-20)4-3-15-45-32-26(39)14-13-25(38)31(32)37/h2,5-10,13-14,22,27-28,40H,3-4,11-12,15-18H2,1H3. The third kappa shape index (κ3) is 6.70. The van der Waals surface area contributed by atoms with Crippen LogP contribution in [0, 0.1) is 11.6 Å². The van der Waals surface area contributed by atoms with E-state index in [2.05, 4.69) is 5.32 Å². The summed E-state index contributed by atoms with van der Waals surface area (Å²) in [4.78, 5) is 31.0. The molecule has 1 N–H and O–H groups in total. The van der Waals surface area contributed by atoms with Crippen molar-refractivity contribution >= 4 is 52.2 Å². The summed E-state index contributed by atoms with van der Waals surface area (Å²) >= 11 is 18.7. The molecule has 2 fully saturated rings. The topological polar surface area (TPSA) is 61.9 Å². The third-order valence-corrected chi connectivity index (χ3v) is 9.84. The molecule has 3 aromatic rings. The summed E-state index contributed by atoms with van der Waals surface area (Å²) < 4.78 is 33.1. The van der Waals surface area contributed by atoms with Gasteiger partial charge in [-0.1, -0.05) is 71.2 Å². The predicted molar refractivity (Wildman–Crippen MR) is 172 cm³/mol. The van der Waals surface area contributed by atoms with Crippen molar-refractivity contribution in [3.8, 4) is 5.75 Å². The Morgan fingerprint density at radius 1 is 1.00 bits per heavy atom. The van der Waals surface area contributed by atoms with Crippen molar-refractivity contribution in [1.82, 2.24) is 15.1 Å². The number of nitrogens with zero attached hydrogens (tertiary/aromatic N) is 2. The van der Waals surface area contributed by atoms with Crippen LogP contribution in [0.4, 0.5) is 8.78 Å². The molecule has 6 rings (SSSR count). The second kappa shape index (κ2) is 13.3. The molecule has 2 amide bonds. The van der Waals surface area contributed by atoms with E-state index in [0.29, 0.717) is 48.0 Å². The van der Waals surface area contributed by atoms with Gasteiger partial charge < -0.3 is 14.5 Å². The molecule has 0 spiro atoms. The van der Waals surface area contributed by atoms with Gasteiger partial charge in [0.05, 0.1) is 28.7 Å². The van der Waals surface area contributed by atoms with Crippen LogP contribution in [0.25, 0.3) is 5.57 Å². The van der Waals surface area contributed by atoms with Crippen LogP contribution in [0.3, 0.4) is 0 Å². The van der Waals surface area contributed by atoms with E-state index in [1.807, 2.05) is 41.3 Å². The molecule has 1 aliphatic carbocycles. The van der Waals surface area contributed by atoms with E-state index in [-0.39, 0.29) is 41.3 Å². The average Bonchev–Trinajstić information content (AvgIpc) is 3.87. The Morgan fingerprint density at radius 3 is 2.47 bits per heavy atom. The van der Waals surface area contributed by atoms with Gasteiger partial charge in [-0.2, -0.15) is 0 Å². The highest BCUT2D eigenvalue weighted by atomic mass is 35.5. The zero-order chi connectivity index (χ0) is 31.8. The van der Waals surface area contributed by atoms with Crippen LogP contribution in [0.15, 0.2) is 60.2 Å². The van der Waals surface area contributed by atoms with Gasteiger partial charge in [-0.15, -0.1) is 0 Å². The number of halogens is 5. The molecule has 3 aliphatic rings. The molecule has 45 heavy (non-hydrogen) atoms. The Kier molecular flexibility index (Phi) is 9.39. The first-order chi connectivity index (χ1) is 21.6. The molecular formula is C34H32Cl3F2N3O3. The van der Waals surface area contributed by atoms with E-state index in [9.17, 15) is 18.4 Å². The van der Waals surface area contributed by atoms with Crippen molar-refractivity contribution in [3.63, 3.8) is 0 Å². The van der Waals surface area contributed by atoms with E-state index < -0.39 is 17.7 Å². The lowest BCUT2D eigenvalue weighted by molar-refractivity contribution is -0.136. The molecule has 236 valence electrons. The first kappa shape index (κ1) is 31.8. The lowest BCUT2D eigenvalue weighted by Crippen LogP contribution is -2.62. The number of carbonyl (C=O) groups excluding carboxylic acids is 2. The summed E-state index contributed by atoms with van der Waals surface area (Å²) in [6, 6.07) is 14.7. The Morgan fingerprint density at radius 2 is 1.73 bits per heavy atom. The third-order valence-electron chi connectivity index (χ3n) is 8.63. The van der Waals surface area contributed by atoms with E-state index >= 15 is 0 Å². The van der Waals surface area contributed by atoms with E-state index in [1.165, 1.54) is 0 Å². The highest BCUT2D eigenvalue weighted by molar-refractivity contribution is 6.42. The maximum atomic E-state index is 14.5. The van der Waals surface area contributed by atoms with Gasteiger partial charge in [-0.05, 0) is 72.6 Å². The van der Waals surface area contributed by atoms with Gasteiger partial charge in [0, 0.05) is 31.8 Å². The average molecular weight is 675 g/mol. The summed E-state index contributed by atoms with van der Waals surface area (Å²) in [5, 5.41) is 3.94. The number of carbonyl (C=O) groups is 2. The highest BCUT2D eigenvalue weighted by Gasteiger charge is 2.44. The zero-order valence-corrected chi connectivity index (χ0v) is 26.9. The summed E-state index contributed by atoms with van der Waals surface area (Å²) in [6.07, 6.45) is 3.41. The largest absolute Gasteiger partial charge is 0.489 e. The molecule has 6 nitrogen and oxygen atoms in total. The lowest BCUT2D eigenvalue weighted by Gasteiger charge is -2.43. The molecule has 3 aromatic carbocycles. The van der Waals surface area contributed by atoms with E-state index in [4.69, 9.17) is 39.5 Å². The minimum atomic E-state index is -0.736. The number of benzene rings is 3. The van der Waals surface area contributed by atoms with Gasteiger partial charge in [0.15, 0.2) is 11.6 Å². The second-order valence-corrected chi connectivity index (χ2v) is 12.9. The van der Waals surface area contributed by atoms with Crippen LogP contribution in [0.5, 0.6) is 5.75 Å². The molecule has 2 aliphatic heterocycles. The van der Waals surface area contributed by atoms with Crippen LogP contribution in [0.1, 0.15) is 42.4 Å². The molecular weight excluding hydrogens is 643 g/mol. The van der Waals surface area contributed by atoms with Crippen LogP contribution in [-0.4, -0.2) is 59.9 Å². The Labute approximate surface area is 275 Å². The molecule has 1 saturated heterocycles. The van der Waals surface area contributed by atoms with Crippen molar-refractivity contribution in [2.24, 2.45) is 0 Å². The Hall–Kier alpha value is -3.17.